The highest BCUT2D eigenvalue weighted by molar-refractivity contribution is 6.00. The number of ketones is 1. The SMILES string of the molecule is CCC(=O)c1cccnc1Nc1ccc(Oc2ccnc3cc(OC)c(OC)cc23)cc1. The van der Waals surface area contributed by atoms with Crippen molar-refractivity contribution in [3.8, 4) is 23.0 Å². The lowest BCUT2D eigenvalue weighted by Gasteiger charge is -2.13. The van der Waals surface area contributed by atoms with Crippen molar-refractivity contribution < 1.29 is 19.0 Å². The number of aromatic nitrogens is 2. The summed E-state index contributed by atoms with van der Waals surface area (Å²) >= 11 is 0. The minimum Gasteiger partial charge on any atom is -0.493 e. The quantitative estimate of drug-likeness (QED) is 0.356. The van der Waals surface area contributed by atoms with Gasteiger partial charge in [0.05, 0.1) is 25.3 Å². The summed E-state index contributed by atoms with van der Waals surface area (Å²) in [7, 11) is 3.18. The molecular formula is C25H23N3O4. The zero-order valence-corrected chi connectivity index (χ0v) is 18.1. The van der Waals surface area contributed by atoms with Crippen LogP contribution in [0.1, 0.15) is 23.7 Å². The van der Waals surface area contributed by atoms with E-state index in [0.29, 0.717) is 40.8 Å². The van der Waals surface area contributed by atoms with Gasteiger partial charge >= 0.3 is 0 Å². The molecule has 0 aliphatic rings. The molecule has 0 unspecified atom stereocenters. The fourth-order valence-electron chi connectivity index (χ4n) is 3.33. The molecule has 2 aromatic heterocycles. The predicted molar refractivity (Wildman–Crippen MR) is 124 cm³/mol. The first-order chi connectivity index (χ1) is 15.6. The van der Waals surface area contributed by atoms with Gasteiger partial charge in [-0.15, -0.1) is 0 Å². The Balaban J connectivity index is 1.57. The number of nitrogens with one attached hydrogen (secondary N) is 1. The van der Waals surface area contributed by atoms with E-state index in [1.807, 2.05) is 43.3 Å². The number of hydrogen-bond acceptors (Lipinski definition) is 7. The molecule has 0 radical (unpaired) electrons. The Labute approximate surface area is 186 Å². The van der Waals surface area contributed by atoms with E-state index in [1.165, 1.54) is 0 Å². The van der Waals surface area contributed by atoms with Gasteiger partial charge in [0.2, 0.25) is 0 Å². The molecule has 0 saturated heterocycles. The molecule has 7 nitrogen and oxygen atoms in total. The van der Waals surface area contributed by atoms with Crippen LogP contribution in [0, 0.1) is 0 Å². The average molecular weight is 429 g/mol. The van der Waals surface area contributed by atoms with Gasteiger partial charge < -0.3 is 19.5 Å². The van der Waals surface area contributed by atoms with E-state index in [1.54, 1.807) is 44.8 Å². The molecule has 0 saturated carbocycles. The highest BCUT2D eigenvalue weighted by Gasteiger charge is 2.12. The van der Waals surface area contributed by atoms with Crippen LogP contribution in [0.25, 0.3) is 10.9 Å². The number of ether oxygens (including phenoxy) is 3. The molecule has 0 aliphatic heterocycles. The number of methoxy groups -OCH3 is 2. The molecule has 4 aromatic rings. The normalized spacial score (nSPS) is 10.6. The summed E-state index contributed by atoms with van der Waals surface area (Å²) in [6.45, 7) is 1.83. The summed E-state index contributed by atoms with van der Waals surface area (Å²) in [5, 5.41) is 4.02. The van der Waals surface area contributed by atoms with Crippen molar-refractivity contribution in [3.05, 3.63) is 72.6 Å². The summed E-state index contributed by atoms with van der Waals surface area (Å²) in [6, 6.07) is 16.4. The van der Waals surface area contributed by atoms with Crippen molar-refractivity contribution in [1.82, 2.24) is 9.97 Å². The molecule has 2 aromatic carbocycles. The van der Waals surface area contributed by atoms with E-state index >= 15 is 0 Å². The maximum absolute atomic E-state index is 12.2. The number of carbonyl (C=O) groups excluding carboxylic acids is 1. The van der Waals surface area contributed by atoms with Gasteiger partial charge in [-0.25, -0.2) is 4.98 Å². The van der Waals surface area contributed by atoms with Gasteiger partial charge in [0.15, 0.2) is 17.3 Å². The van der Waals surface area contributed by atoms with Crippen LogP contribution in [0.2, 0.25) is 0 Å². The van der Waals surface area contributed by atoms with E-state index in [2.05, 4.69) is 15.3 Å². The van der Waals surface area contributed by atoms with E-state index < -0.39 is 0 Å². The van der Waals surface area contributed by atoms with Crippen LogP contribution in [0.15, 0.2) is 67.0 Å². The number of nitrogens with zero attached hydrogens (tertiary/aromatic N) is 2. The zero-order valence-electron chi connectivity index (χ0n) is 18.1. The second-order valence-electron chi connectivity index (χ2n) is 6.96. The first-order valence-corrected chi connectivity index (χ1v) is 10.2. The molecule has 4 rings (SSSR count). The minimum absolute atomic E-state index is 0.0391. The van der Waals surface area contributed by atoms with Gasteiger partial charge in [0.25, 0.3) is 0 Å². The van der Waals surface area contributed by atoms with Crippen molar-refractivity contribution in [2.45, 2.75) is 13.3 Å². The molecular weight excluding hydrogens is 406 g/mol. The van der Waals surface area contributed by atoms with Gasteiger partial charge in [-0.1, -0.05) is 6.92 Å². The van der Waals surface area contributed by atoms with Crippen molar-refractivity contribution in [2.75, 3.05) is 19.5 Å². The van der Waals surface area contributed by atoms with Crippen molar-refractivity contribution in [3.63, 3.8) is 0 Å². The molecule has 0 fully saturated rings. The molecule has 0 spiro atoms. The molecule has 7 heteroatoms. The number of rotatable bonds is 8. The molecule has 32 heavy (non-hydrogen) atoms. The second-order valence-corrected chi connectivity index (χ2v) is 6.96. The summed E-state index contributed by atoms with van der Waals surface area (Å²) in [4.78, 5) is 20.9. The Morgan fingerprint density at radius 3 is 2.38 bits per heavy atom. The number of Topliss-reactive ketones (excluding diaryl/α,β-unsaturated/α-hetero) is 1. The molecule has 1 N–H and O–H groups in total. The minimum atomic E-state index is 0.0391. The average Bonchev–Trinajstić information content (AvgIpc) is 2.84. The van der Waals surface area contributed by atoms with Gasteiger partial charge in [0, 0.05) is 36.0 Å². The third-order valence-corrected chi connectivity index (χ3v) is 4.98. The first-order valence-electron chi connectivity index (χ1n) is 10.2. The lowest BCUT2D eigenvalue weighted by molar-refractivity contribution is 0.0988. The number of carbonyl (C=O) groups is 1. The highest BCUT2D eigenvalue weighted by Crippen LogP contribution is 2.37. The van der Waals surface area contributed by atoms with E-state index in [9.17, 15) is 4.79 Å². The topological polar surface area (TPSA) is 82.6 Å². The summed E-state index contributed by atoms with van der Waals surface area (Å²) < 4.78 is 16.9. The fourth-order valence-corrected chi connectivity index (χ4v) is 3.33. The molecule has 0 amide bonds. The maximum Gasteiger partial charge on any atom is 0.166 e. The Kier molecular flexibility index (Phi) is 6.17. The molecule has 162 valence electrons. The Bertz CT molecular complexity index is 1260. The third kappa shape index (κ3) is 4.32. The predicted octanol–water partition coefficient (Wildman–Crippen LogP) is 5.78. The summed E-state index contributed by atoms with van der Waals surface area (Å²) in [6.07, 6.45) is 3.76. The van der Waals surface area contributed by atoms with Crippen LogP contribution < -0.4 is 19.5 Å². The van der Waals surface area contributed by atoms with Crippen molar-refractivity contribution in [1.29, 1.82) is 0 Å². The van der Waals surface area contributed by atoms with E-state index in [0.717, 1.165) is 16.6 Å². The van der Waals surface area contributed by atoms with Crippen LogP contribution >= 0.6 is 0 Å². The third-order valence-electron chi connectivity index (χ3n) is 4.98. The molecule has 0 bridgehead atoms. The first kappa shape index (κ1) is 21.1. The van der Waals surface area contributed by atoms with Gasteiger partial charge in [0.1, 0.15) is 17.3 Å². The Hall–Kier alpha value is -4.13. The number of hydrogen-bond donors (Lipinski definition) is 1. The monoisotopic (exact) mass is 429 g/mol. The molecule has 0 aliphatic carbocycles. The van der Waals surface area contributed by atoms with Crippen LogP contribution in [-0.2, 0) is 0 Å². The second kappa shape index (κ2) is 9.34. The van der Waals surface area contributed by atoms with Crippen molar-refractivity contribution in [2.24, 2.45) is 0 Å². The van der Waals surface area contributed by atoms with Gasteiger partial charge in [-0.05, 0) is 48.5 Å². The van der Waals surface area contributed by atoms with Crippen LogP contribution in [0.5, 0.6) is 23.0 Å². The Morgan fingerprint density at radius 1 is 0.906 bits per heavy atom. The van der Waals surface area contributed by atoms with Crippen LogP contribution in [0.4, 0.5) is 11.5 Å². The van der Waals surface area contributed by atoms with E-state index in [-0.39, 0.29) is 5.78 Å². The standard InChI is InChI=1S/C25H23N3O4/c1-4-21(29)18-6-5-12-27-25(18)28-16-7-9-17(10-8-16)32-22-11-13-26-20-15-24(31-3)23(30-2)14-19(20)22/h5-15H,4H2,1-3H3,(H,27,28). The summed E-state index contributed by atoms with van der Waals surface area (Å²) in [5.41, 5.74) is 2.11. The van der Waals surface area contributed by atoms with Gasteiger partial charge in [-0.2, -0.15) is 0 Å². The number of pyridine rings is 2. The fraction of sp³-hybridized carbons (Fsp3) is 0.160. The number of anilines is 2. The van der Waals surface area contributed by atoms with Gasteiger partial charge in [-0.3, -0.25) is 9.78 Å². The number of fused-ring (bicyclic) bond motifs is 1. The molecule has 2 heterocycles. The summed E-state index contributed by atoms with van der Waals surface area (Å²) in [5.74, 6) is 3.09. The highest BCUT2D eigenvalue weighted by atomic mass is 16.5. The number of benzene rings is 2. The lowest BCUT2D eigenvalue weighted by atomic mass is 10.1. The maximum atomic E-state index is 12.2. The smallest absolute Gasteiger partial charge is 0.166 e. The van der Waals surface area contributed by atoms with Crippen LogP contribution in [-0.4, -0.2) is 30.0 Å². The molecule has 0 atom stereocenters. The largest absolute Gasteiger partial charge is 0.493 e. The lowest BCUT2D eigenvalue weighted by Crippen LogP contribution is -2.04. The van der Waals surface area contributed by atoms with E-state index in [4.69, 9.17) is 14.2 Å². The zero-order chi connectivity index (χ0) is 22.5. The van der Waals surface area contributed by atoms with Crippen LogP contribution in [0.3, 0.4) is 0 Å². The van der Waals surface area contributed by atoms with Crippen molar-refractivity contribution >= 4 is 28.2 Å². The Morgan fingerprint density at radius 2 is 1.66 bits per heavy atom.